The highest BCUT2D eigenvalue weighted by Gasteiger charge is 2.18. The van der Waals surface area contributed by atoms with Crippen molar-refractivity contribution in [3.05, 3.63) is 101 Å². The van der Waals surface area contributed by atoms with Gasteiger partial charge in [-0.1, -0.05) is 72.3 Å². The molecule has 0 bridgehead atoms. The molecule has 7 N–H and O–H groups in total. The summed E-state index contributed by atoms with van der Waals surface area (Å²) >= 11 is 6.43. The van der Waals surface area contributed by atoms with Gasteiger partial charge < -0.3 is 27.1 Å². The standard InChI is InChI=1S/C26H27ClN6O/c27-20-12-19-13-22(32-25(19)23(14-20)30-15-18-9-5-2-6-10-18)21(11-17-7-3-1-4-8-17)33-26(29)31-16-24(28)34/h1-10,12-14,21,30,32H,11,15-16H2,(H2,28,34)(H3,29,31,33)/t21-/m1/s1. The summed E-state index contributed by atoms with van der Waals surface area (Å²) in [6.45, 7) is 0.496. The second-order valence-electron chi connectivity index (χ2n) is 8.04. The SMILES string of the molecule is NC(=O)CN=C(N)N[C@H](Cc1ccccc1)c1cc2cc(Cl)cc(NCc3ccccc3)c2[nH]1. The number of H-pyrrole nitrogens is 1. The molecule has 174 valence electrons. The number of aromatic nitrogens is 1. The summed E-state index contributed by atoms with van der Waals surface area (Å²) in [5, 5.41) is 8.33. The third-order valence-corrected chi connectivity index (χ3v) is 5.64. The van der Waals surface area contributed by atoms with Crippen LogP contribution in [0.2, 0.25) is 5.02 Å². The van der Waals surface area contributed by atoms with E-state index in [9.17, 15) is 4.79 Å². The minimum absolute atomic E-state index is 0.152. The lowest BCUT2D eigenvalue weighted by Crippen LogP contribution is -2.37. The fraction of sp³-hybridized carbons (Fsp3) is 0.154. The number of nitrogens with zero attached hydrogens (tertiary/aromatic N) is 1. The molecule has 0 spiro atoms. The number of amides is 1. The van der Waals surface area contributed by atoms with Crippen molar-refractivity contribution in [2.45, 2.75) is 19.0 Å². The first-order valence-electron chi connectivity index (χ1n) is 11.0. The van der Waals surface area contributed by atoms with E-state index in [0.717, 1.165) is 27.8 Å². The minimum atomic E-state index is -0.543. The Kier molecular flexibility index (Phi) is 7.34. The van der Waals surface area contributed by atoms with E-state index in [1.54, 1.807) is 0 Å². The maximum Gasteiger partial charge on any atom is 0.239 e. The van der Waals surface area contributed by atoms with Gasteiger partial charge in [-0.05, 0) is 35.7 Å². The molecule has 0 saturated carbocycles. The Balaban J connectivity index is 1.65. The van der Waals surface area contributed by atoms with Gasteiger partial charge in [-0.3, -0.25) is 4.79 Å². The van der Waals surface area contributed by atoms with Crippen molar-refractivity contribution < 1.29 is 4.79 Å². The summed E-state index contributed by atoms with van der Waals surface area (Å²) in [6.07, 6.45) is 0.654. The largest absolute Gasteiger partial charge is 0.379 e. The molecule has 1 atom stereocenters. The number of primary amides is 1. The molecule has 1 heterocycles. The monoisotopic (exact) mass is 474 g/mol. The Morgan fingerprint density at radius 1 is 0.971 bits per heavy atom. The number of nitrogens with two attached hydrogens (primary N) is 2. The number of nitrogens with one attached hydrogen (secondary N) is 3. The van der Waals surface area contributed by atoms with E-state index >= 15 is 0 Å². The minimum Gasteiger partial charge on any atom is -0.379 e. The van der Waals surface area contributed by atoms with Crippen LogP contribution in [0.4, 0.5) is 5.69 Å². The van der Waals surface area contributed by atoms with Crippen LogP contribution >= 0.6 is 11.6 Å². The zero-order chi connectivity index (χ0) is 23.9. The number of hydrogen-bond donors (Lipinski definition) is 5. The normalized spacial score (nSPS) is 12.4. The van der Waals surface area contributed by atoms with Crippen molar-refractivity contribution in [1.29, 1.82) is 0 Å². The number of benzene rings is 3. The number of guanidine groups is 1. The van der Waals surface area contributed by atoms with Crippen LogP contribution in [0, 0.1) is 0 Å². The van der Waals surface area contributed by atoms with Crippen LogP contribution in [-0.4, -0.2) is 23.4 Å². The van der Waals surface area contributed by atoms with Gasteiger partial charge in [0.2, 0.25) is 5.91 Å². The molecular formula is C26H27ClN6O. The van der Waals surface area contributed by atoms with Gasteiger partial charge in [0.25, 0.3) is 0 Å². The van der Waals surface area contributed by atoms with Crippen LogP contribution < -0.4 is 22.1 Å². The van der Waals surface area contributed by atoms with Crippen molar-refractivity contribution in [1.82, 2.24) is 10.3 Å². The molecule has 0 saturated heterocycles. The number of fused-ring (bicyclic) bond motifs is 1. The molecule has 0 fully saturated rings. The maximum absolute atomic E-state index is 11.1. The number of rotatable bonds is 9. The van der Waals surface area contributed by atoms with Gasteiger partial charge >= 0.3 is 0 Å². The number of halogens is 1. The molecule has 0 aliphatic heterocycles. The number of aliphatic imine (C=N–C) groups is 1. The molecule has 3 aromatic carbocycles. The lowest BCUT2D eigenvalue weighted by atomic mass is 10.0. The third-order valence-electron chi connectivity index (χ3n) is 5.43. The fourth-order valence-electron chi connectivity index (χ4n) is 3.83. The highest BCUT2D eigenvalue weighted by molar-refractivity contribution is 6.31. The Hall–Kier alpha value is -3.97. The Bertz CT molecular complexity index is 1290. The molecular weight excluding hydrogens is 448 g/mol. The van der Waals surface area contributed by atoms with Crippen molar-refractivity contribution in [2.24, 2.45) is 16.5 Å². The number of carbonyl (C=O) groups is 1. The Morgan fingerprint density at radius 2 is 1.65 bits per heavy atom. The number of aromatic amines is 1. The van der Waals surface area contributed by atoms with Gasteiger partial charge in [0, 0.05) is 22.6 Å². The topological polar surface area (TPSA) is 121 Å². The van der Waals surface area contributed by atoms with Crippen molar-refractivity contribution in [3.8, 4) is 0 Å². The zero-order valence-corrected chi connectivity index (χ0v) is 19.3. The van der Waals surface area contributed by atoms with Crippen LogP contribution in [0.15, 0.2) is 83.9 Å². The lowest BCUT2D eigenvalue weighted by molar-refractivity contribution is -0.116. The number of hydrogen-bond acceptors (Lipinski definition) is 3. The third kappa shape index (κ3) is 6.08. The van der Waals surface area contributed by atoms with Crippen LogP contribution in [0.5, 0.6) is 0 Å². The molecule has 1 aromatic heterocycles. The summed E-state index contributed by atoms with van der Waals surface area (Å²) in [6, 6.07) is 25.9. The van der Waals surface area contributed by atoms with Gasteiger partial charge in [0.1, 0.15) is 6.54 Å². The Labute approximate surface area is 203 Å². The predicted molar refractivity (Wildman–Crippen MR) is 139 cm³/mol. The average molecular weight is 475 g/mol. The lowest BCUT2D eigenvalue weighted by Gasteiger charge is -2.18. The van der Waals surface area contributed by atoms with Gasteiger partial charge in [0.05, 0.1) is 17.2 Å². The quantitative estimate of drug-likeness (QED) is 0.185. The van der Waals surface area contributed by atoms with Crippen molar-refractivity contribution in [2.75, 3.05) is 11.9 Å². The van der Waals surface area contributed by atoms with Crippen LogP contribution in [0.1, 0.15) is 22.9 Å². The molecule has 0 aliphatic carbocycles. The van der Waals surface area contributed by atoms with Crippen LogP contribution in [0.3, 0.4) is 0 Å². The molecule has 0 radical (unpaired) electrons. The highest BCUT2D eigenvalue weighted by Crippen LogP contribution is 2.31. The Morgan fingerprint density at radius 3 is 2.32 bits per heavy atom. The summed E-state index contributed by atoms with van der Waals surface area (Å²) in [4.78, 5) is 18.7. The second-order valence-corrected chi connectivity index (χ2v) is 8.47. The first-order valence-corrected chi connectivity index (χ1v) is 11.3. The van der Waals surface area contributed by atoms with Gasteiger partial charge in [-0.2, -0.15) is 0 Å². The molecule has 7 nitrogen and oxygen atoms in total. The van der Waals surface area contributed by atoms with E-state index in [-0.39, 0.29) is 18.5 Å². The number of anilines is 1. The van der Waals surface area contributed by atoms with E-state index < -0.39 is 5.91 Å². The molecule has 0 unspecified atom stereocenters. The van der Waals surface area contributed by atoms with E-state index in [4.69, 9.17) is 23.1 Å². The summed E-state index contributed by atoms with van der Waals surface area (Å²) < 4.78 is 0. The van der Waals surface area contributed by atoms with Gasteiger partial charge in [-0.25, -0.2) is 4.99 Å². The summed E-state index contributed by atoms with van der Waals surface area (Å²) in [5.41, 5.74) is 16.3. The smallest absolute Gasteiger partial charge is 0.239 e. The highest BCUT2D eigenvalue weighted by atomic mass is 35.5. The van der Waals surface area contributed by atoms with Crippen molar-refractivity contribution in [3.63, 3.8) is 0 Å². The van der Waals surface area contributed by atoms with Crippen LogP contribution in [0.25, 0.3) is 10.9 Å². The van der Waals surface area contributed by atoms with E-state index in [1.807, 2.05) is 48.5 Å². The molecule has 4 rings (SSSR count). The predicted octanol–water partition coefficient (Wildman–Crippen LogP) is 4.11. The molecule has 0 aliphatic rings. The zero-order valence-electron chi connectivity index (χ0n) is 18.6. The van der Waals surface area contributed by atoms with Gasteiger partial charge in [0.15, 0.2) is 5.96 Å². The van der Waals surface area contributed by atoms with Gasteiger partial charge in [-0.15, -0.1) is 0 Å². The van der Waals surface area contributed by atoms with Crippen molar-refractivity contribution >= 4 is 40.1 Å². The average Bonchev–Trinajstić information content (AvgIpc) is 3.26. The second kappa shape index (κ2) is 10.8. The summed E-state index contributed by atoms with van der Waals surface area (Å²) in [5.74, 6) is -0.391. The van der Waals surface area contributed by atoms with Crippen LogP contribution in [-0.2, 0) is 17.8 Å². The first kappa shape index (κ1) is 23.2. The number of carbonyl (C=O) groups excluding carboxylic acids is 1. The van der Waals surface area contributed by atoms with E-state index in [1.165, 1.54) is 5.56 Å². The first-order chi connectivity index (χ1) is 16.5. The summed E-state index contributed by atoms with van der Waals surface area (Å²) in [7, 11) is 0. The molecule has 34 heavy (non-hydrogen) atoms. The molecule has 4 aromatic rings. The maximum atomic E-state index is 11.1. The molecule has 1 amide bonds. The van der Waals surface area contributed by atoms with E-state index in [2.05, 4.69) is 50.9 Å². The van der Waals surface area contributed by atoms with E-state index in [0.29, 0.717) is 18.0 Å². The molecule has 8 heteroatoms. The fourth-order valence-corrected chi connectivity index (χ4v) is 4.05.